The Balaban J connectivity index is 1.89. The molecule has 2 fully saturated rings. The molecule has 0 spiro atoms. The summed E-state index contributed by atoms with van der Waals surface area (Å²) in [4.78, 5) is 0. The molecule has 226 valence electrons. The van der Waals surface area contributed by atoms with Crippen molar-refractivity contribution in [2.24, 2.45) is 0 Å². The van der Waals surface area contributed by atoms with Crippen LogP contribution in [0, 0.1) is 0 Å². The Bertz CT molecular complexity index is 777. The van der Waals surface area contributed by atoms with Gasteiger partial charge in [-0.05, 0) is 0 Å². The first-order valence-corrected chi connectivity index (χ1v) is 9.18. The van der Waals surface area contributed by atoms with Crippen molar-refractivity contribution in [2.45, 2.75) is 56.1 Å². The Labute approximate surface area is 199 Å². The van der Waals surface area contributed by atoms with E-state index < -0.39 is 75.9 Å². The predicted molar refractivity (Wildman–Crippen MR) is 77.4 cm³/mol. The molecule has 2 unspecified atom stereocenters. The molecule has 2 atom stereocenters. The van der Waals surface area contributed by atoms with Crippen molar-refractivity contribution in [2.75, 3.05) is 33.0 Å². The van der Waals surface area contributed by atoms with E-state index in [9.17, 15) is 61.5 Å². The van der Waals surface area contributed by atoms with Gasteiger partial charge in [-0.2, -0.15) is 17.6 Å². The number of halogens is 14. The van der Waals surface area contributed by atoms with Gasteiger partial charge in [0.2, 0.25) is 0 Å². The molecule has 0 aromatic rings. The van der Waals surface area contributed by atoms with Crippen LogP contribution < -0.4 is 0 Å². The quantitative estimate of drug-likeness (QED) is 0.123. The highest BCUT2D eigenvalue weighted by atomic mass is 19.3. The largest absolute Gasteiger partial charge is 0.498 e. The summed E-state index contributed by atoms with van der Waals surface area (Å²) in [6, 6.07) is 0. The van der Waals surface area contributed by atoms with Gasteiger partial charge in [-0.1, -0.05) is 0 Å². The molecule has 2 aliphatic rings. The molecule has 0 N–H and O–H groups in total. The van der Waals surface area contributed by atoms with E-state index >= 15 is 0 Å². The molecule has 10 nitrogen and oxygen atoms in total. The third-order valence-electron chi connectivity index (χ3n) is 3.20. The molecule has 24 heteroatoms. The van der Waals surface area contributed by atoms with Gasteiger partial charge in [0.25, 0.3) is 0 Å². The van der Waals surface area contributed by atoms with Crippen LogP contribution in [-0.4, -0.2) is 89.1 Å². The summed E-state index contributed by atoms with van der Waals surface area (Å²) in [5, 5.41) is 0. The van der Waals surface area contributed by atoms with Crippen LogP contribution in [0.4, 0.5) is 61.5 Å². The van der Waals surface area contributed by atoms with Crippen LogP contribution in [0.5, 0.6) is 0 Å². The standard InChI is InChI=1S/C14H12F14O10/c15-8(16,4-29-1-6-2-30-6)33-10(19,20)35-12(23,24)37-14(27,28)38-13(25,26)36-11(21,22)34-9(17,18)5-32-7-3-31-7/h6-7H,1-5H2. The zero-order valence-electron chi connectivity index (χ0n) is 17.6. The van der Waals surface area contributed by atoms with E-state index in [1.165, 1.54) is 0 Å². The molecule has 0 amide bonds. The number of rotatable bonds is 19. The maximum atomic E-state index is 13.2. The molecule has 38 heavy (non-hydrogen) atoms. The fraction of sp³-hybridized carbons (Fsp3) is 1.00. The van der Waals surface area contributed by atoms with Gasteiger partial charge in [-0.15, -0.1) is 43.9 Å². The molecule has 0 saturated carbocycles. The van der Waals surface area contributed by atoms with Crippen LogP contribution in [0.1, 0.15) is 0 Å². The van der Waals surface area contributed by atoms with Gasteiger partial charge >= 0.3 is 43.7 Å². The summed E-state index contributed by atoms with van der Waals surface area (Å²) in [6.07, 6.45) is -44.3. The molecule has 0 aromatic carbocycles. The molecule has 0 aliphatic carbocycles. The third-order valence-corrected chi connectivity index (χ3v) is 3.20. The van der Waals surface area contributed by atoms with Gasteiger partial charge in [0.1, 0.15) is 25.9 Å². The Morgan fingerprint density at radius 3 is 1.18 bits per heavy atom. The Morgan fingerprint density at radius 2 is 0.842 bits per heavy atom. The highest BCUT2D eigenvalue weighted by Gasteiger charge is 2.62. The van der Waals surface area contributed by atoms with Gasteiger partial charge in [0.05, 0.1) is 13.2 Å². The van der Waals surface area contributed by atoms with Crippen molar-refractivity contribution < 1.29 is 109 Å². The second kappa shape index (κ2) is 11.2. The third kappa shape index (κ3) is 13.6. The first-order chi connectivity index (χ1) is 16.9. The van der Waals surface area contributed by atoms with Gasteiger partial charge in [0, 0.05) is 0 Å². The van der Waals surface area contributed by atoms with Gasteiger partial charge in [-0.25, -0.2) is 28.4 Å². The van der Waals surface area contributed by atoms with Crippen LogP contribution in [0.15, 0.2) is 0 Å². The minimum absolute atomic E-state index is 0.0674. The van der Waals surface area contributed by atoms with Crippen molar-refractivity contribution in [3.8, 4) is 0 Å². The minimum Gasteiger partial charge on any atom is -0.371 e. The zero-order chi connectivity index (χ0) is 29.3. The van der Waals surface area contributed by atoms with Crippen LogP contribution in [0.2, 0.25) is 0 Å². The van der Waals surface area contributed by atoms with Crippen molar-refractivity contribution in [1.29, 1.82) is 0 Å². The van der Waals surface area contributed by atoms with E-state index in [4.69, 9.17) is 0 Å². The lowest BCUT2D eigenvalue weighted by atomic mass is 10.5. The maximum absolute atomic E-state index is 13.2. The van der Waals surface area contributed by atoms with Crippen molar-refractivity contribution >= 4 is 0 Å². The average molecular weight is 606 g/mol. The van der Waals surface area contributed by atoms with Gasteiger partial charge in [-0.3, -0.25) is 0 Å². The molecule has 2 aliphatic heterocycles. The van der Waals surface area contributed by atoms with Gasteiger partial charge in [0.15, 0.2) is 6.29 Å². The van der Waals surface area contributed by atoms with Crippen molar-refractivity contribution in [1.82, 2.24) is 0 Å². The molecule has 0 aromatic heterocycles. The first-order valence-electron chi connectivity index (χ1n) is 9.18. The second-order valence-corrected chi connectivity index (χ2v) is 6.75. The number of epoxide rings is 2. The highest BCUT2D eigenvalue weighted by Crippen LogP contribution is 2.41. The molecular formula is C14H12F14O10. The fourth-order valence-corrected chi connectivity index (χ4v) is 1.86. The molecule has 0 bridgehead atoms. The number of hydrogen-bond donors (Lipinski definition) is 0. The average Bonchev–Trinajstić information content (AvgIpc) is 3.48. The Kier molecular flexibility index (Phi) is 9.71. The summed E-state index contributed by atoms with van der Waals surface area (Å²) in [5.74, 6) is 0. The minimum atomic E-state index is -6.62. The van der Waals surface area contributed by atoms with E-state index in [0.717, 1.165) is 0 Å². The summed E-state index contributed by atoms with van der Waals surface area (Å²) in [6.45, 7) is -4.82. The van der Waals surface area contributed by atoms with E-state index in [1.54, 1.807) is 0 Å². The Morgan fingerprint density at radius 1 is 0.500 bits per heavy atom. The van der Waals surface area contributed by atoms with E-state index in [1.807, 2.05) is 9.47 Å². The van der Waals surface area contributed by atoms with Crippen LogP contribution >= 0.6 is 0 Å². The number of hydrogen-bond acceptors (Lipinski definition) is 10. The van der Waals surface area contributed by atoms with Crippen LogP contribution in [0.3, 0.4) is 0 Å². The molecule has 2 saturated heterocycles. The number of ether oxygens (including phenoxy) is 10. The van der Waals surface area contributed by atoms with Crippen molar-refractivity contribution in [3.05, 3.63) is 0 Å². The van der Waals surface area contributed by atoms with E-state index in [2.05, 4.69) is 37.9 Å². The first kappa shape index (κ1) is 32.8. The van der Waals surface area contributed by atoms with Crippen LogP contribution in [0.25, 0.3) is 0 Å². The second-order valence-electron chi connectivity index (χ2n) is 6.75. The molecule has 2 heterocycles. The zero-order valence-corrected chi connectivity index (χ0v) is 17.6. The lowest BCUT2D eigenvalue weighted by Crippen LogP contribution is -2.49. The topological polar surface area (TPSA) is 98.9 Å². The van der Waals surface area contributed by atoms with Crippen LogP contribution in [-0.2, 0) is 47.4 Å². The van der Waals surface area contributed by atoms with Crippen molar-refractivity contribution in [3.63, 3.8) is 0 Å². The molecule has 2 rings (SSSR count). The highest BCUT2D eigenvalue weighted by molar-refractivity contribution is 4.68. The lowest BCUT2D eigenvalue weighted by Gasteiger charge is -2.29. The summed E-state index contributed by atoms with van der Waals surface area (Å²) in [5.41, 5.74) is 0. The SMILES string of the molecule is FC(F)(COCC1CO1)OC(F)(F)OC(F)(F)OC(F)(F)OC(F)(F)OC(F)(F)OC(F)(F)COC1CO1. The normalized spacial score (nSPS) is 21.6. The number of alkyl halides is 14. The molecular weight excluding hydrogens is 594 g/mol. The maximum Gasteiger partial charge on any atom is 0.498 e. The molecule has 0 radical (unpaired) electrons. The van der Waals surface area contributed by atoms with Gasteiger partial charge < -0.3 is 18.9 Å². The lowest BCUT2D eigenvalue weighted by molar-refractivity contribution is -0.633. The Hall–Kier alpha value is -1.38. The van der Waals surface area contributed by atoms with E-state index in [-0.39, 0.29) is 13.2 Å². The summed E-state index contributed by atoms with van der Waals surface area (Å²) < 4.78 is 215. The monoisotopic (exact) mass is 606 g/mol. The summed E-state index contributed by atoms with van der Waals surface area (Å²) in [7, 11) is 0. The smallest absolute Gasteiger partial charge is 0.371 e. The predicted octanol–water partition coefficient (Wildman–Crippen LogP) is 3.81. The fourth-order valence-electron chi connectivity index (χ4n) is 1.86. The summed E-state index contributed by atoms with van der Waals surface area (Å²) >= 11 is 0. The van der Waals surface area contributed by atoms with E-state index in [0.29, 0.717) is 0 Å².